The predicted molar refractivity (Wildman–Crippen MR) is 77.7 cm³/mol. The second kappa shape index (κ2) is 6.25. The zero-order valence-electron chi connectivity index (χ0n) is 11.0. The van der Waals surface area contributed by atoms with E-state index in [1.54, 1.807) is 6.07 Å². The van der Waals surface area contributed by atoms with E-state index in [2.05, 4.69) is 22.4 Å². The standard InChI is InChI=1S/C13H19Cl2N3O/c1-2-9-3-5-13(19,6-4-9)8-16-10-7-11(14)17-18-12(10)15/h7,9,19H,2-6,8H2,1H3,(H,16,17). The van der Waals surface area contributed by atoms with Crippen LogP contribution in [0.5, 0.6) is 0 Å². The van der Waals surface area contributed by atoms with Crippen LogP contribution in [0.1, 0.15) is 39.0 Å². The van der Waals surface area contributed by atoms with Crippen molar-refractivity contribution >= 4 is 28.9 Å². The normalized spacial score (nSPS) is 27.3. The Bertz CT molecular complexity index is 434. The Hall–Kier alpha value is -0.580. The molecule has 0 aliphatic heterocycles. The predicted octanol–water partition coefficient (Wildman–Crippen LogP) is 3.53. The number of nitrogens with zero attached hydrogens (tertiary/aromatic N) is 2. The van der Waals surface area contributed by atoms with E-state index in [-0.39, 0.29) is 10.3 Å². The van der Waals surface area contributed by atoms with E-state index < -0.39 is 5.60 Å². The first-order chi connectivity index (χ1) is 9.02. The molecule has 1 aliphatic rings. The van der Waals surface area contributed by atoms with Crippen molar-refractivity contribution in [3.63, 3.8) is 0 Å². The second-order valence-electron chi connectivity index (χ2n) is 5.30. The molecular weight excluding hydrogens is 285 g/mol. The molecule has 0 radical (unpaired) electrons. The van der Waals surface area contributed by atoms with E-state index in [1.807, 2.05) is 0 Å². The Kier molecular flexibility index (Phi) is 4.87. The molecule has 1 fully saturated rings. The quantitative estimate of drug-likeness (QED) is 0.893. The van der Waals surface area contributed by atoms with Crippen molar-refractivity contribution in [1.29, 1.82) is 0 Å². The van der Waals surface area contributed by atoms with E-state index in [9.17, 15) is 5.11 Å². The summed E-state index contributed by atoms with van der Waals surface area (Å²) in [7, 11) is 0. The van der Waals surface area contributed by atoms with Crippen LogP contribution in [0.3, 0.4) is 0 Å². The number of hydrogen-bond acceptors (Lipinski definition) is 4. The third-order valence-corrected chi connectivity index (χ3v) is 4.40. The smallest absolute Gasteiger partial charge is 0.174 e. The van der Waals surface area contributed by atoms with Crippen LogP contribution in [0.25, 0.3) is 0 Å². The van der Waals surface area contributed by atoms with Gasteiger partial charge in [-0.05, 0) is 31.6 Å². The van der Waals surface area contributed by atoms with Crippen molar-refractivity contribution < 1.29 is 5.11 Å². The van der Waals surface area contributed by atoms with Crippen molar-refractivity contribution in [2.24, 2.45) is 5.92 Å². The third-order valence-electron chi connectivity index (χ3n) is 3.94. The lowest BCUT2D eigenvalue weighted by Gasteiger charge is -2.36. The molecule has 4 nitrogen and oxygen atoms in total. The van der Waals surface area contributed by atoms with E-state index >= 15 is 0 Å². The molecule has 6 heteroatoms. The number of anilines is 1. The summed E-state index contributed by atoms with van der Waals surface area (Å²) in [5.74, 6) is 0.751. The average Bonchev–Trinajstić information content (AvgIpc) is 2.41. The Morgan fingerprint density at radius 1 is 1.37 bits per heavy atom. The number of halogens is 2. The molecule has 2 N–H and O–H groups in total. The van der Waals surface area contributed by atoms with Gasteiger partial charge in [0.05, 0.1) is 11.3 Å². The minimum atomic E-state index is -0.662. The highest BCUT2D eigenvalue weighted by molar-refractivity contribution is 6.33. The van der Waals surface area contributed by atoms with Gasteiger partial charge in [0.15, 0.2) is 10.3 Å². The summed E-state index contributed by atoms with van der Waals surface area (Å²) in [6.07, 6.45) is 5.00. The fourth-order valence-electron chi connectivity index (χ4n) is 2.54. The molecule has 1 saturated carbocycles. The Morgan fingerprint density at radius 3 is 2.68 bits per heavy atom. The van der Waals surface area contributed by atoms with E-state index in [0.717, 1.165) is 31.6 Å². The molecule has 0 atom stereocenters. The molecule has 0 amide bonds. The molecule has 1 aromatic rings. The molecule has 106 valence electrons. The molecule has 1 heterocycles. The highest BCUT2D eigenvalue weighted by Crippen LogP contribution is 2.34. The second-order valence-corrected chi connectivity index (χ2v) is 6.05. The van der Waals surface area contributed by atoms with Crippen molar-refractivity contribution in [3.8, 4) is 0 Å². The lowest BCUT2D eigenvalue weighted by molar-refractivity contribution is 0.00229. The van der Waals surface area contributed by atoms with Crippen LogP contribution in [0, 0.1) is 5.92 Å². The molecular formula is C13H19Cl2N3O. The molecule has 1 aromatic heterocycles. The van der Waals surface area contributed by atoms with Gasteiger partial charge in [0, 0.05) is 12.6 Å². The summed E-state index contributed by atoms with van der Waals surface area (Å²) in [6, 6.07) is 1.62. The molecule has 0 unspecified atom stereocenters. The first-order valence-electron chi connectivity index (χ1n) is 6.67. The van der Waals surface area contributed by atoms with E-state index in [1.165, 1.54) is 6.42 Å². The summed E-state index contributed by atoms with van der Waals surface area (Å²) < 4.78 is 0. The summed E-state index contributed by atoms with van der Waals surface area (Å²) in [6.45, 7) is 2.67. The van der Waals surface area contributed by atoms with Gasteiger partial charge in [-0.25, -0.2) is 0 Å². The van der Waals surface area contributed by atoms with Gasteiger partial charge in [-0.15, -0.1) is 10.2 Å². The fourth-order valence-corrected chi connectivity index (χ4v) is 2.84. The molecule has 19 heavy (non-hydrogen) atoms. The van der Waals surface area contributed by atoms with Crippen LogP contribution in [-0.4, -0.2) is 27.4 Å². The maximum absolute atomic E-state index is 10.5. The number of nitrogens with one attached hydrogen (secondary N) is 1. The van der Waals surface area contributed by atoms with Crippen LogP contribution in [0.15, 0.2) is 6.07 Å². The largest absolute Gasteiger partial charge is 0.388 e. The van der Waals surface area contributed by atoms with Crippen LogP contribution >= 0.6 is 23.2 Å². The first kappa shape index (κ1) is 14.8. The average molecular weight is 304 g/mol. The lowest BCUT2D eigenvalue weighted by Crippen LogP contribution is -2.40. The maximum atomic E-state index is 10.5. The number of aliphatic hydroxyl groups is 1. The van der Waals surface area contributed by atoms with Gasteiger partial charge < -0.3 is 10.4 Å². The van der Waals surface area contributed by atoms with Gasteiger partial charge in [-0.3, -0.25) is 0 Å². The minimum absolute atomic E-state index is 0.273. The Morgan fingerprint density at radius 2 is 2.05 bits per heavy atom. The van der Waals surface area contributed by atoms with Crippen molar-refractivity contribution in [3.05, 3.63) is 16.4 Å². The SMILES string of the molecule is CCC1CCC(O)(CNc2cc(Cl)nnc2Cl)CC1. The zero-order valence-corrected chi connectivity index (χ0v) is 12.5. The summed E-state index contributed by atoms with van der Waals surface area (Å²) in [5, 5.41) is 21.6. The molecule has 0 aromatic carbocycles. The Balaban J connectivity index is 1.93. The van der Waals surface area contributed by atoms with Crippen molar-refractivity contribution in [1.82, 2.24) is 10.2 Å². The van der Waals surface area contributed by atoms with Crippen LogP contribution in [0.2, 0.25) is 10.3 Å². The van der Waals surface area contributed by atoms with E-state index in [4.69, 9.17) is 23.2 Å². The Labute approximate surface area is 123 Å². The third kappa shape index (κ3) is 3.94. The van der Waals surface area contributed by atoms with Gasteiger partial charge in [0.1, 0.15) is 0 Å². The molecule has 2 rings (SSSR count). The minimum Gasteiger partial charge on any atom is -0.388 e. The van der Waals surface area contributed by atoms with Crippen molar-refractivity contribution in [2.45, 2.75) is 44.6 Å². The van der Waals surface area contributed by atoms with Gasteiger partial charge in [0.2, 0.25) is 0 Å². The highest BCUT2D eigenvalue weighted by atomic mass is 35.5. The van der Waals surface area contributed by atoms with Crippen molar-refractivity contribution in [2.75, 3.05) is 11.9 Å². The van der Waals surface area contributed by atoms with E-state index in [0.29, 0.717) is 12.2 Å². The number of aromatic nitrogens is 2. The van der Waals surface area contributed by atoms with Gasteiger partial charge in [-0.2, -0.15) is 0 Å². The molecule has 0 saturated heterocycles. The number of hydrogen-bond donors (Lipinski definition) is 2. The summed E-state index contributed by atoms with van der Waals surface area (Å²) >= 11 is 11.7. The maximum Gasteiger partial charge on any atom is 0.174 e. The van der Waals surface area contributed by atoms with Gasteiger partial charge in [-0.1, -0.05) is 36.5 Å². The molecule has 0 bridgehead atoms. The summed E-state index contributed by atoms with van der Waals surface area (Å²) in [4.78, 5) is 0. The fraction of sp³-hybridized carbons (Fsp3) is 0.692. The van der Waals surface area contributed by atoms with Gasteiger partial charge in [0.25, 0.3) is 0 Å². The molecule has 0 spiro atoms. The van der Waals surface area contributed by atoms with Crippen LogP contribution in [0.4, 0.5) is 5.69 Å². The molecule has 1 aliphatic carbocycles. The van der Waals surface area contributed by atoms with Gasteiger partial charge >= 0.3 is 0 Å². The van der Waals surface area contributed by atoms with Crippen LogP contribution < -0.4 is 5.32 Å². The van der Waals surface area contributed by atoms with Crippen LogP contribution in [-0.2, 0) is 0 Å². The lowest BCUT2D eigenvalue weighted by atomic mass is 9.78. The monoisotopic (exact) mass is 303 g/mol. The zero-order chi connectivity index (χ0) is 13.9. The summed E-state index contributed by atoms with van der Waals surface area (Å²) in [5.41, 5.74) is -0.0437. The topological polar surface area (TPSA) is 58.0 Å². The highest BCUT2D eigenvalue weighted by Gasteiger charge is 2.32. The first-order valence-corrected chi connectivity index (χ1v) is 7.43. The number of rotatable bonds is 4.